The summed E-state index contributed by atoms with van der Waals surface area (Å²) >= 11 is 3.42. The van der Waals surface area contributed by atoms with Gasteiger partial charge in [-0.2, -0.15) is 5.10 Å². The molecule has 114 valence electrons. The fourth-order valence-corrected chi connectivity index (χ4v) is 2.20. The highest BCUT2D eigenvalue weighted by atomic mass is 79.9. The molecule has 0 saturated carbocycles. The molecule has 0 atom stereocenters. The summed E-state index contributed by atoms with van der Waals surface area (Å²) in [6, 6.07) is 13.0. The van der Waals surface area contributed by atoms with E-state index < -0.39 is 0 Å². The second-order valence-electron chi connectivity index (χ2n) is 5.87. The molecule has 5 heteroatoms. The lowest BCUT2D eigenvalue weighted by atomic mass is 9.86. The van der Waals surface area contributed by atoms with Gasteiger partial charge in [0.1, 0.15) is 5.69 Å². The number of nitrogens with zero attached hydrogens (tertiary/aromatic N) is 2. The van der Waals surface area contributed by atoms with Crippen LogP contribution >= 0.6 is 15.9 Å². The Bertz CT molecular complexity index is 673. The van der Waals surface area contributed by atoms with Gasteiger partial charge in [-0.15, -0.1) is 0 Å². The van der Waals surface area contributed by atoms with E-state index in [2.05, 4.69) is 52.2 Å². The molecule has 2 rings (SSSR count). The normalized spacial score (nSPS) is 12.1. The summed E-state index contributed by atoms with van der Waals surface area (Å²) in [5.74, 6) is -0.320. The molecule has 0 aliphatic rings. The van der Waals surface area contributed by atoms with Gasteiger partial charge in [-0.1, -0.05) is 54.9 Å². The number of carbonyl (C=O) groups is 1. The second kappa shape index (κ2) is 6.83. The number of hydrogen-bond donors (Lipinski definition) is 1. The lowest BCUT2D eigenvalue weighted by Gasteiger charge is -2.21. The quantitative estimate of drug-likeness (QED) is 0.664. The molecule has 1 heterocycles. The summed E-state index contributed by atoms with van der Waals surface area (Å²) in [6.07, 6.45) is 1.58. The van der Waals surface area contributed by atoms with Gasteiger partial charge in [0.2, 0.25) is 0 Å². The van der Waals surface area contributed by atoms with Crippen molar-refractivity contribution in [1.29, 1.82) is 0 Å². The number of halogens is 1. The van der Waals surface area contributed by atoms with Crippen molar-refractivity contribution in [2.24, 2.45) is 10.5 Å². The molecular formula is C17H18BrN3O. The molecule has 2 aromatic rings. The van der Waals surface area contributed by atoms with Crippen LogP contribution in [0.25, 0.3) is 0 Å². The predicted octanol–water partition coefficient (Wildman–Crippen LogP) is 4.02. The number of amides is 1. The van der Waals surface area contributed by atoms with E-state index in [1.54, 1.807) is 24.4 Å². The van der Waals surface area contributed by atoms with Crippen molar-refractivity contribution in [2.75, 3.05) is 0 Å². The Balaban J connectivity index is 2.27. The van der Waals surface area contributed by atoms with Crippen LogP contribution in [0.4, 0.5) is 0 Å². The third-order valence-corrected chi connectivity index (χ3v) is 3.52. The van der Waals surface area contributed by atoms with Crippen molar-refractivity contribution in [3.63, 3.8) is 0 Å². The maximum atomic E-state index is 12.1. The molecule has 0 fully saturated rings. The third kappa shape index (κ3) is 4.24. The first-order valence-corrected chi connectivity index (χ1v) is 7.73. The van der Waals surface area contributed by atoms with Gasteiger partial charge < -0.3 is 0 Å². The van der Waals surface area contributed by atoms with Crippen molar-refractivity contribution in [3.05, 3.63) is 64.4 Å². The molecule has 1 amide bonds. The van der Waals surface area contributed by atoms with Crippen LogP contribution in [0.2, 0.25) is 0 Å². The SMILES string of the molecule is CC(C)(C)/C(=N/NC(=O)c1ccccn1)c1ccc(Br)cc1. The topological polar surface area (TPSA) is 54.4 Å². The third-order valence-electron chi connectivity index (χ3n) is 2.99. The minimum Gasteiger partial charge on any atom is -0.266 e. The molecule has 0 aliphatic heterocycles. The zero-order chi connectivity index (χ0) is 16.2. The molecule has 4 nitrogen and oxygen atoms in total. The Morgan fingerprint density at radius 2 is 1.82 bits per heavy atom. The van der Waals surface area contributed by atoms with E-state index in [1.807, 2.05) is 24.3 Å². The number of benzene rings is 1. The van der Waals surface area contributed by atoms with E-state index in [-0.39, 0.29) is 11.3 Å². The number of carbonyl (C=O) groups excluding carboxylic acids is 1. The van der Waals surface area contributed by atoms with Crippen LogP contribution < -0.4 is 5.43 Å². The molecule has 0 spiro atoms. The molecule has 0 aliphatic carbocycles. The van der Waals surface area contributed by atoms with Gasteiger partial charge in [0, 0.05) is 16.1 Å². The van der Waals surface area contributed by atoms with Gasteiger partial charge in [-0.3, -0.25) is 9.78 Å². The second-order valence-corrected chi connectivity index (χ2v) is 6.79. The zero-order valence-corrected chi connectivity index (χ0v) is 14.4. The molecule has 0 unspecified atom stereocenters. The van der Waals surface area contributed by atoms with Crippen molar-refractivity contribution < 1.29 is 4.79 Å². The molecular weight excluding hydrogens is 342 g/mol. The zero-order valence-electron chi connectivity index (χ0n) is 12.8. The fourth-order valence-electron chi connectivity index (χ4n) is 1.93. The Kier molecular flexibility index (Phi) is 5.08. The Morgan fingerprint density at radius 1 is 1.14 bits per heavy atom. The van der Waals surface area contributed by atoms with Crippen LogP contribution in [0.15, 0.2) is 58.2 Å². The van der Waals surface area contributed by atoms with Gasteiger partial charge in [0.25, 0.3) is 5.91 Å². The summed E-state index contributed by atoms with van der Waals surface area (Å²) < 4.78 is 1.00. The summed E-state index contributed by atoms with van der Waals surface area (Å²) in [5, 5.41) is 4.33. The van der Waals surface area contributed by atoms with E-state index in [1.165, 1.54) is 0 Å². The van der Waals surface area contributed by atoms with Gasteiger partial charge >= 0.3 is 0 Å². The molecule has 1 aromatic heterocycles. The minimum atomic E-state index is -0.320. The Hall–Kier alpha value is -2.01. The number of hydrogen-bond acceptors (Lipinski definition) is 3. The minimum absolute atomic E-state index is 0.203. The Labute approximate surface area is 138 Å². The standard InChI is InChI=1S/C17H18BrN3O/c1-17(2,3)15(12-7-9-13(18)10-8-12)20-21-16(22)14-6-4-5-11-19-14/h4-11H,1-3H3,(H,21,22)/b20-15+. The highest BCUT2D eigenvalue weighted by Crippen LogP contribution is 2.23. The molecule has 0 radical (unpaired) electrons. The number of pyridine rings is 1. The van der Waals surface area contributed by atoms with Gasteiger partial charge in [-0.05, 0) is 29.8 Å². The summed E-state index contributed by atoms with van der Waals surface area (Å²) in [7, 11) is 0. The predicted molar refractivity (Wildman–Crippen MR) is 91.8 cm³/mol. The van der Waals surface area contributed by atoms with E-state index in [4.69, 9.17) is 0 Å². The highest BCUT2D eigenvalue weighted by molar-refractivity contribution is 9.10. The lowest BCUT2D eigenvalue weighted by Crippen LogP contribution is -2.27. The largest absolute Gasteiger partial charge is 0.289 e. The summed E-state index contributed by atoms with van der Waals surface area (Å²) in [6.45, 7) is 6.17. The maximum Gasteiger partial charge on any atom is 0.289 e. The van der Waals surface area contributed by atoms with Crippen molar-refractivity contribution in [3.8, 4) is 0 Å². The molecule has 0 bridgehead atoms. The average molecular weight is 360 g/mol. The van der Waals surface area contributed by atoms with E-state index >= 15 is 0 Å². The van der Waals surface area contributed by atoms with Crippen molar-refractivity contribution in [2.45, 2.75) is 20.8 Å². The monoisotopic (exact) mass is 359 g/mol. The van der Waals surface area contributed by atoms with Crippen LogP contribution in [0, 0.1) is 5.41 Å². The fraction of sp³-hybridized carbons (Fsp3) is 0.235. The maximum absolute atomic E-state index is 12.1. The first kappa shape index (κ1) is 16.4. The van der Waals surface area contributed by atoms with Crippen molar-refractivity contribution >= 4 is 27.5 Å². The van der Waals surface area contributed by atoms with Crippen LogP contribution in [0.1, 0.15) is 36.8 Å². The lowest BCUT2D eigenvalue weighted by molar-refractivity contribution is 0.0949. The van der Waals surface area contributed by atoms with Crippen LogP contribution in [-0.4, -0.2) is 16.6 Å². The smallest absolute Gasteiger partial charge is 0.266 e. The van der Waals surface area contributed by atoms with E-state index in [0.717, 1.165) is 15.7 Å². The molecule has 1 aromatic carbocycles. The average Bonchev–Trinajstić information content (AvgIpc) is 2.48. The Morgan fingerprint density at radius 3 is 2.36 bits per heavy atom. The number of hydrazone groups is 1. The first-order chi connectivity index (χ1) is 10.4. The van der Waals surface area contributed by atoms with Crippen LogP contribution in [0.3, 0.4) is 0 Å². The number of nitrogens with one attached hydrogen (secondary N) is 1. The van der Waals surface area contributed by atoms with Crippen molar-refractivity contribution in [1.82, 2.24) is 10.4 Å². The summed E-state index contributed by atoms with van der Waals surface area (Å²) in [4.78, 5) is 16.1. The van der Waals surface area contributed by atoms with Gasteiger partial charge in [-0.25, -0.2) is 5.43 Å². The number of aromatic nitrogens is 1. The van der Waals surface area contributed by atoms with Crippen LogP contribution in [-0.2, 0) is 0 Å². The first-order valence-electron chi connectivity index (χ1n) is 6.93. The van der Waals surface area contributed by atoms with E-state index in [9.17, 15) is 4.79 Å². The van der Waals surface area contributed by atoms with Gasteiger partial charge in [0.05, 0.1) is 5.71 Å². The van der Waals surface area contributed by atoms with Gasteiger partial charge in [0.15, 0.2) is 0 Å². The molecule has 0 saturated heterocycles. The summed E-state index contributed by atoms with van der Waals surface area (Å²) in [5.41, 5.74) is 4.51. The highest BCUT2D eigenvalue weighted by Gasteiger charge is 2.21. The number of rotatable bonds is 3. The van der Waals surface area contributed by atoms with Crippen LogP contribution in [0.5, 0.6) is 0 Å². The molecule has 22 heavy (non-hydrogen) atoms. The molecule has 1 N–H and O–H groups in total. The van der Waals surface area contributed by atoms with E-state index in [0.29, 0.717) is 5.69 Å².